The molecule has 0 aromatic heterocycles. The smallest absolute Gasteiger partial charge is 0.244 e. The van der Waals surface area contributed by atoms with Gasteiger partial charge in [0.25, 0.3) is 0 Å². The highest BCUT2D eigenvalue weighted by atomic mass is 32.2. The fourth-order valence-corrected chi connectivity index (χ4v) is 3.83. The van der Waals surface area contributed by atoms with Crippen LogP contribution in [0.4, 0.5) is 5.69 Å². The van der Waals surface area contributed by atoms with Gasteiger partial charge in [0.15, 0.2) is 0 Å². The Morgan fingerprint density at radius 1 is 1.24 bits per heavy atom. The van der Waals surface area contributed by atoms with Crippen LogP contribution in [-0.4, -0.2) is 35.7 Å². The zero-order valence-electron chi connectivity index (χ0n) is 11.2. The first-order chi connectivity index (χ1) is 9.69. The highest BCUT2D eigenvalue weighted by Gasteiger charge is 2.25. The van der Waals surface area contributed by atoms with Crippen LogP contribution in [0.2, 0.25) is 0 Å². The lowest BCUT2D eigenvalue weighted by Crippen LogP contribution is -2.32. The minimum absolute atomic E-state index is 0.0772. The van der Waals surface area contributed by atoms with Gasteiger partial charge in [-0.25, -0.2) is 26.7 Å². The number of anilines is 1. The molecule has 21 heavy (non-hydrogen) atoms. The first kappa shape index (κ1) is 16.0. The lowest BCUT2D eigenvalue weighted by atomic mass is 10.1. The van der Waals surface area contributed by atoms with Gasteiger partial charge < -0.3 is 10.5 Å². The van der Waals surface area contributed by atoms with Crippen molar-refractivity contribution in [2.24, 2.45) is 5.14 Å². The van der Waals surface area contributed by atoms with Gasteiger partial charge in [-0.15, -0.1) is 0 Å². The Balaban J connectivity index is 2.29. The summed E-state index contributed by atoms with van der Waals surface area (Å²) < 4.78 is 53.8. The third kappa shape index (κ3) is 4.06. The van der Waals surface area contributed by atoms with Crippen molar-refractivity contribution in [3.8, 4) is 5.75 Å². The zero-order valence-corrected chi connectivity index (χ0v) is 12.8. The summed E-state index contributed by atoms with van der Waals surface area (Å²) in [5.41, 5.74) is 6.75. The van der Waals surface area contributed by atoms with Crippen molar-refractivity contribution in [3.05, 3.63) is 17.7 Å². The number of aryl methyl sites for hydroxylation is 1. The van der Waals surface area contributed by atoms with E-state index in [0.29, 0.717) is 18.7 Å². The topological polar surface area (TPSA) is 142 Å². The Hall–Kier alpha value is -1.36. The molecule has 10 heteroatoms. The van der Waals surface area contributed by atoms with E-state index in [2.05, 4.69) is 4.72 Å². The minimum Gasteiger partial charge on any atom is -0.492 e. The van der Waals surface area contributed by atoms with E-state index < -0.39 is 25.8 Å². The van der Waals surface area contributed by atoms with E-state index in [1.165, 1.54) is 6.07 Å². The predicted molar refractivity (Wildman–Crippen MR) is 77.8 cm³/mol. The number of sulfonamides is 2. The Morgan fingerprint density at radius 2 is 1.95 bits per heavy atom. The summed E-state index contributed by atoms with van der Waals surface area (Å²) in [6.45, 7) is 0.112. The second kappa shape index (κ2) is 5.79. The van der Waals surface area contributed by atoms with Crippen LogP contribution in [0.3, 0.4) is 0 Å². The van der Waals surface area contributed by atoms with Crippen LogP contribution in [-0.2, 0) is 26.5 Å². The summed E-state index contributed by atoms with van der Waals surface area (Å²) in [6.07, 6.45) is 1.47. The van der Waals surface area contributed by atoms with Crippen LogP contribution in [0.1, 0.15) is 12.0 Å². The summed E-state index contributed by atoms with van der Waals surface area (Å²) in [5, 5.41) is 4.83. The molecule has 0 atom stereocenters. The summed E-state index contributed by atoms with van der Waals surface area (Å²) in [4.78, 5) is -0.0772. The molecular weight excluding hydrogens is 318 g/mol. The molecular formula is C11H17N3O5S2. The number of nitrogen functional groups attached to an aromatic ring is 1. The SMILES string of the molecule is Nc1cc2c(c(S(=O)(=O)NCCS(N)(=O)=O)c1)OCCC2. The van der Waals surface area contributed by atoms with Crippen LogP contribution < -0.4 is 20.3 Å². The summed E-state index contributed by atoms with van der Waals surface area (Å²) in [6, 6.07) is 2.97. The van der Waals surface area contributed by atoms with Crippen molar-refractivity contribution in [2.75, 3.05) is 24.6 Å². The van der Waals surface area contributed by atoms with Crippen molar-refractivity contribution in [1.82, 2.24) is 4.72 Å². The van der Waals surface area contributed by atoms with E-state index >= 15 is 0 Å². The van der Waals surface area contributed by atoms with Crippen LogP contribution in [0, 0.1) is 0 Å². The Kier molecular flexibility index (Phi) is 4.42. The standard InChI is InChI=1S/C11H17N3O5S2/c12-9-6-8-2-1-4-19-11(8)10(7-9)21(17,18)14-3-5-20(13,15)16/h6-7,14H,1-5,12H2,(H2,13,15,16). The van der Waals surface area contributed by atoms with Crippen molar-refractivity contribution >= 4 is 25.7 Å². The molecule has 0 saturated carbocycles. The maximum absolute atomic E-state index is 12.3. The van der Waals surface area contributed by atoms with Gasteiger partial charge >= 0.3 is 0 Å². The van der Waals surface area contributed by atoms with Crippen molar-refractivity contribution in [3.63, 3.8) is 0 Å². The molecule has 0 unspecified atom stereocenters. The van der Waals surface area contributed by atoms with Crippen molar-refractivity contribution < 1.29 is 21.6 Å². The number of benzene rings is 1. The van der Waals surface area contributed by atoms with E-state index in [9.17, 15) is 16.8 Å². The molecule has 118 valence electrons. The fourth-order valence-electron chi connectivity index (χ4n) is 2.07. The molecule has 0 amide bonds. The number of ether oxygens (including phenoxy) is 1. The summed E-state index contributed by atoms with van der Waals surface area (Å²) >= 11 is 0. The number of hydrogen-bond acceptors (Lipinski definition) is 6. The number of fused-ring (bicyclic) bond motifs is 1. The molecule has 0 spiro atoms. The average molecular weight is 335 g/mol. The number of nitrogens with two attached hydrogens (primary N) is 2. The van der Waals surface area contributed by atoms with Gasteiger partial charge in [-0.1, -0.05) is 0 Å². The maximum Gasteiger partial charge on any atom is 0.244 e. The largest absolute Gasteiger partial charge is 0.492 e. The molecule has 8 nitrogen and oxygen atoms in total. The Labute approximate surface area is 123 Å². The van der Waals surface area contributed by atoms with Crippen LogP contribution in [0.25, 0.3) is 0 Å². The number of nitrogens with one attached hydrogen (secondary N) is 1. The molecule has 0 radical (unpaired) electrons. The predicted octanol–water partition coefficient (Wildman–Crippen LogP) is -0.839. The second-order valence-electron chi connectivity index (χ2n) is 4.72. The van der Waals surface area contributed by atoms with E-state index in [0.717, 1.165) is 12.0 Å². The van der Waals surface area contributed by atoms with E-state index in [4.69, 9.17) is 15.6 Å². The highest BCUT2D eigenvalue weighted by Crippen LogP contribution is 2.34. The monoisotopic (exact) mass is 335 g/mol. The van der Waals surface area contributed by atoms with Gasteiger partial charge in [0.1, 0.15) is 10.6 Å². The van der Waals surface area contributed by atoms with Gasteiger partial charge in [0, 0.05) is 12.2 Å². The molecule has 0 aliphatic carbocycles. The van der Waals surface area contributed by atoms with Crippen molar-refractivity contribution in [2.45, 2.75) is 17.7 Å². The van der Waals surface area contributed by atoms with Gasteiger partial charge in [-0.05, 0) is 30.5 Å². The molecule has 1 aromatic carbocycles. The maximum atomic E-state index is 12.3. The first-order valence-electron chi connectivity index (χ1n) is 6.24. The first-order valence-corrected chi connectivity index (χ1v) is 9.44. The van der Waals surface area contributed by atoms with Gasteiger partial charge in [-0.2, -0.15) is 0 Å². The summed E-state index contributed by atoms with van der Waals surface area (Å²) in [7, 11) is -7.66. The van der Waals surface area contributed by atoms with E-state index in [1.54, 1.807) is 6.07 Å². The van der Waals surface area contributed by atoms with Gasteiger partial charge in [-0.3, -0.25) is 0 Å². The number of hydrogen-bond donors (Lipinski definition) is 3. The molecule has 0 saturated heterocycles. The number of rotatable bonds is 5. The van der Waals surface area contributed by atoms with Crippen LogP contribution in [0.5, 0.6) is 5.75 Å². The second-order valence-corrected chi connectivity index (χ2v) is 8.19. The van der Waals surface area contributed by atoms with Gasteiger partial charge in [0.05, 0.1) is 12.4 Å². The molecule has 0 fully saturated rings. The molecule has 1 aliphatic rings. The Morgan fingerprint density at radius 3 is 2.62 bits per heavy atom. The molecule has 1 heterocycles. The zero-order chi connectivity index (χ0) is 15.7. The van der Waals surface area contributed by atoms with Crippen molar-refractivity contribution in [1.29, 1.82) is 0 Å². The number of primary sulfonamides is 1. The average Bonchev–Trinajstić information content (AvgIpc) is 2.35. The van der Waals surface area contributed by atoms with Gasteiger partial charge in [0.2, 0.25) is 20.0 Å². The normalized spacial score (nSPS) is 15.3. The minimum atomic E-state index is -3.92. The third-order valence-corrected chi connectivity index (χ3v) is 5.20. The van der Waals surface area contributed by atoms with Crippen LogP contribution >= 0.6 is 0 Å². The molecule has 2 rings (SSSR count). The fraction of sp³-hybridized carbons (Fsp3) is 0.455. The summed E-state index contributed by atoms with van der Waals surface area (Å²) in [5.74, 6) is -0.212. The molecule has 5 N–H and O–H groups in total. The third-order valence-electron chi connectivity index (χ3n) is 2.96. The lowest BCUT2D eigenvalue weighted by molar-refractivity contribution is 0.280. The lowest BCUT2D eigenvalue weighted by Gasteiger charge is -2.21. The molecule has 1 aliphatic heterocycles. The van der Waals surface area contributed by atoms with E-state index in [-0.39, 0.29) is 17.2 Å². The molecule has 0 bridgehead atoms. The Bertz CT molecular complexity index is 743. The van der Waals surface area contributed by atoms with Crippen LogP contribution in [0.15, 0.2) is 17.0 Å². The quantitative estimate of drug-likeness (QED) is 0.599. The highest BCUT2D eigenvalue weighted by molar-refractivity contribution is 7.90. The molecule has 1 aromatic rings. The van der Waals surface area contributed by atoms with E-state index in [1.807, 2.05) is 0 Å².